The second-order valence-corrected chi connectivity index (χ2v) is 17.9. The lowest BCUT2D eigenvalue weighted by molar-refractivity contribution is -0.161. The van der Waals surface area contributed by atoms with Crippen molar-refractivity contribution in [2.45, 2.75) is 251 Å². The van der Waals surface area contributed by atoms with Crippen LogP contribution in [-0.4, -0.2) is 36.4 Å². The number of ether oxygens (including phenoxy) is 2. The fourth-order valence-corrected chi connectivity index (χ4v) is 7.45. The number of unbranched alkanes of at least 4 members (excludes halogenated alkanes) is 23. The summed E-state index contributed by atoms with van der Waals surface area (Å²) in [5.74, 6) is -0.604. The fourth-order valence-electron chi connectivity index (χ4n) is 7.45. The van der Waals surface area contributed by atoms with Gasteiger partial charge in [-0.05, 0) is 103 Å². The summed E-state index contributed by atoms with van der Waals surface area (Å²) >= 11 is 0. The van der Waals surface area contributed by atoms with Gasteiger partial charge in [-0.3, -0.25) is 9.59 Å². The zero-order valence-electron chi connectivity index (χ0n) is 42.9. The van der Waals surface area contributed by atoms with Gasteiger partial charge in [0.15, 0.2) is 6.10 Å². The summed E-state index contributed by atoms with van der Waals surface area (Å²) in [5.41, 5.74) is 0. The molecule has 0 aliphatic carbocycles. The van der Waals surface area contributed by atoms with Gasteiger partial charge in [-0.1, -0.05) is 239 Å². The number of aliphatic hydroxyl groups excluding tert-OH is 1. The van der Waals surface area contributed by atoms with Gasteiger partial charge < -0.3 is 14.6 Å². The molecule has 5 heteroatoms. The molecule has 0 aromatic heterocycles. The Balaban J connectivity index is 3.58. The number of hydrogen-bond acceptors (Lipinski definition) is 5. The van der Waals surface area contributed by atoms with E-state index in [-0.39, 0.29) is 25.2 Å². The zero-order valence-corrected chi connectivity index (χ0v) is 42.9. The molecule has 0 aliphatic heterocycles. The molecule has 0 aromatic carbocycles. The van der Waals surface area contributed by atoms with Gasteiger partial charge in [0.05, 0.1) is 6.61 Å². The van der Waals surface area contributed by atoms with Crippen molar-refractivity contribution in [1.29, 1.82) is 0 Å². The minimum absolute atomic E-state index is 0.0748. The van der Waals surface area contributed by atoms with Crippen LogP contribution in [-0.2, 0) is 19.1 Å². The van der Waals surface area contributed by atoms with E-state index in [1.807, 2.05) is 0 Å². The molecule has 0 aromatic rings. The Kier molecular flexibility index (Phi) is 53.0. The lowest BCUT2D eigenvalue weighted by Gasteiger charge is -2.15. The van der Waals surface area contributed by atoms with Gasteiger partial charge in [0.25, 0.3) is 0 Å². The molecular formula is C61H102O5. The second kappa shape index (κ2) is 55.9. The van der Waals surface area contributed by atoms with E-state index in [9.17, 15) is 14.7 Å². The minimum atomic E-state index is -0.784. The predicted molar refractivity (Wildman–Crippen MR) is 288 cm³/mol. The standard InChI is InChI=1S/C61H102O5/c1-3-5-7-9-11-13-15-17-19-21-23-24-25-26-27-28-29-30-31-32-33-34-35-36-38-40-42-44-46-48-50-52-54-56-61(64)66-59(57-62)58-65-60(63)55-53-51-49-47-45-43-41-39-37-22-20-18-16-14-12-10-8-6-4-2/h5,7,11,13,17-20,23-24,26-27,29-30,32-33,35-36,59,62H,3-4,6,8-10,12,14-16,21-22,25,28,31,34,37-58H2,1-2H3/b7-5-,13-11-,19-17-,20-18-,24-23-,27-26-,30-29-,33-32-,36-35-. The normalized spacial score (nSPS) is 13.1. The van der Waals surface area contributed by atoms with Crippen LogP contribution in [0.1, 0.15) is 245 Å². The number of carbonyl (C=O) groups excluding carboxylic acids is 2. The molecule has 0 aliphatic rings. The van der Waals surface area contributed by atoms with Gasteiger partial charge in [-0.25, -0.2) is 0 Å². The van der Waals surface area contributed by atoms with E-state index in [2.05, 4.69) is 123 Å². The fraction of sp³-hybridized carbons (Fsp3) is 0.672. The van der Waals surface area contributed by atoms with E-state index < -0.39 is 6.10 Å². The lowest BCUT2D eigenvalue weighted by atomic mass is 10.1. The van der Waals surface area contributed by atoms with Crippen LogP contribution in [0.25, 0.3) is 0 Å². The maximum absolute atomic E-state index is 12.3. The number of esters is 2. The second-order valence-electron chi connectivity index (χ2n) is 17.9. The van der Waals surface area contributed by atoms with Crippen LogP contribution in [0, 0.1) is 0 Å². The highest BCUT2D eigenvalue weighted by molar-refractivity contribution is 5.70. The molecule has 376 valence electrons. The summed E-state index contributed by atoms with van der Waals surface area (Å²) in [4.78, 5) is 24.5. The zero-order chi connectivity index (χ0) is 47.7. The van der Waals surface area contributed by atoms with Crippen molar-refractivity contribution in [1.82, 2.24) is 0 Å². The lowest BCUT2D eigenvalue weighted by Crippen LogP contribution is -2.28. The summed E-state index contributed by atoms with van der Waals surface area (Å²) in [6, 6.07) is 0. The largest absolute Gasteiger partial charge is 0.462 e. The molecule has 0 saturated heterocycles. The highest BCUT2D eigenvalue weighted by Crippen LogP contribution is 2.14. The van der Waals surface area contributed by atoms with Crippen molar-refractivity contribution in [3.63, 3.8) is 0 Å². The molecule has 5 nitrogen and oxygen atoms in total. The van der Waals surface area contributed by atoms with Crippen LogP contribution < -0.4 is 0 Å². The van der Waals surface area contributed by atoms with Crippen LogP contribution in [0.15, 0.2) is 109 Å². The van der Waals surface area contributed by atoms with Crippen LogP contribution in [0.5, 0.6) is 0 Å². The molecule has 0 amide bonds. The van der Waals surface area contributed by atoms with E-state index >= 15 is 0 Å². The molecule has 0 bridgehead atoms. The molecule has 1 N–H and O–H groups in total. The number of rotatable bonds is 49. The minimum Gasteiger partial charge on any atom is -0.462 e. The number of allylic oxidation sites excluding steroid dienone is 18. The van der Waals surface area contributed by atoms with Crippen LogP contribution in [0.4, 0.5) is 0 Å². The highest BCUT2D eigenvalue weighted by Gasteiger charge is 2.16. The van der Waals surface area contributed by atoms with Crippen LogP contribution >= 0.6 is 0 Å². The van der Waals surface area contributed by atoms with Crippen LogP contribution in [0.2, 0.25) is 0 Å². The average Bonchev–Trinajstić information content (AvgIpc) is 3.32. The number of aliphatic hydroxyl groups is 1. The number of hydrogen-bond donors (Lipinski definition) is 1. The van der Waals surface area contributed by atoms with Gasteiger partial charge in [0.2, 0.25) is 0 Å². The van der Waals surface area contributed by atoms with Gasteiger partial charge >= 0.3 is 11.9 Å². The van der Waals surface area contributed by atoms with Gasteiger partial charge in [0, 0.05) is 12.8 Å². The Hall–Kier alpha value is -3.44. The molecule has 0 heterocycles. The smallest absolute Gasteiger partial charge is 0.306 e. The summed E-state index contributed by atoms with van der Waals surface area (Å²) in [5, 5.41) is 9.64. The molecule has 1 atom stereocenters. The molecule has 0 rings (SSSR count). The molecular weight excluding hydrogens is 813 g/mol. The molecule has 0 saturated carbocycles. The molecule has 1 unspecified atom stereocenters. The first-order chi connectivity index (χ1) is 32.6. The topological polar surface area (TPSA) is 72.8 Å². The summed E-state index contributed by atoms with van der Waals surface area (Å²) in [6.45, 7) is 4.02. The Bertz CT molecular complexity index is 1310. The molecule has 66 heavy (non-hydrogen) atoms. The molecule has 0 radical (unpaired) electrons. The summed E-state index contributed by atoms with van der Waals surface area (Å²) in [7, 11) is 0. The van der Waals surface area contributed by atoms with Crippen molar-refractivity contribution in [3.05, 3.63) is 109 Å². The molecule has 0 spiro atoms. The Morgan fingerprint density at radius 2 is 0.652 bits per heavy atom. The maximum atomic E-state index is 12.3. The van der Waals surface area contributed by atoms with Gasteiger partial charge in [0.1, 0.15) is 6.61 Å². The Morgan fingerprint density at radius 1 is 0.364 bits per heavy atom. The average molecular weight is 915 g/mol. The van der Waals surface area contributed by atoms with E-state index in [1.165, 1.54) is 122 Å². The number of carbonyl (C=O) groups is 2. The quantitative estimate of drug-likeness (QED) is 0.0374. The van der Waals surface area contributed by atoms with Crippen molar-refractivity contribution >= 4 is 11.9 Å². The highest BCUT2D eigenvalue weighted by atomic mass is 16.6. The van der Waals surface area contributed by atoms with Crippen molar-refractivity contribution in [2.24, 2.45) is 0 Å². The van der Waals surface area contributed by atoms with E-state index in [0.29, 0.717) is 12.8 Å². The van der Waals surface area contributed by atoms with Gasteiger partial charge in [-0.15, -0.1) is 0 Å². The summed E-state index contributed by atoms with van der Waals surface area (Å²) in [6.07, 6.45) is 80.4. The maximum Gasteiger partial charge on any atom is 0.306 e. The Labute approximate surface area is 408 Å². The third-order valence-corrected chi connectivity index (χ3v) is 11.6. The van der Waals surface area contributed by atoms with Crippen molar-refractivity contribution < 1.29 is 24.2 Å². The first kappa shape index (κ1) is 62.6. The van der Waals surface area contributed by atoms with E-state index in [0.717, 1.165) is 96.3 Å². The SMILES string of the molecule is CC/C=C\C/C=C\C/C=C\C/C=C\C/C=C\C/C=C\C/C=C\C/C=C\CCCCCCCCCCC(=O)OC(CO)COC(=O)CCCCCCCCCCC/C=C\CCCCCCCC. The first-order valence-electron chi connectivity index (χ1n) is 27.4. The van der Waals surface area contributed by atoms with Crippen molar-refractivity contribution in [3.8, 4) is 0 Å². The van der Waals surface area contributed by atoms with Crippen LogP contribution in [0.3, 0.4) is 0 Å². The third kappa shape index (κ3) is 53.2. The predicted octanol–water partition coefficient (Wildman–Crippen LogP) is 18.5. The van der Waals surface area contributed by atoms with Gasteiger partial charge in [-0.2, -0.15) is 0 Å². The van der Waals surface area contributed by atoms with E-state index in [1.54, 1.807) is 0 Å². The summed E-state index contributed by atoms with van der Waals surface area (Å²) < 4.78 is 10.7. The monoisotopic (exact) mass is 915 g/mol. The first-order valence-corrected chi connectivity index (χ1v) is 27.4. The van der Waals surface area contributed by atoms with E-state index in [4.69, 9.17) is 9.47 Å². The Morgan fingerprint density at radius 3 is 1.00 bits per heavy atom. The van der Waals surface area contributed by atoms with Crippen molar-refractivity contribution in [2.75, 3.05) is 13.2 Å². The third-order valence-electron chi connectivity index (χ3n) is 11.6. The molecule has 0 fully saturated rings.